The summed E-state index contributed by atoms with van der Waals surface area (Å²) in [4.78, 5) is 0. The van der Waals surface area contributed by atoms with Crippen LogP contribution in [-0.4, -0.2) is 68.3 Å². The normalized spacial score (nSPS) is 25.4. The molecule has 2 aliphatic carbocycles. The zero-order valence-electron chi connectivity index (χ0n) is 41.7. The van der Waals surface area contributed by atoms with Crippen molar-refractivity contribution in [1.82, 2.24) is 9.88 Å². The van der Waals surface area contributed by atoms with E-state index in [9.17, 15) is 25.5 Å². The molecule has 5 aromatic carbocycles. The summed E-state index contributed by atoms with van der Waals surface area (Å²) < 4.78 is 22.2. The van der Waals surface area contributed by atoms with Gasteiger partial charge in [0, 0.05) is 76.6 Å². The first kappa shape index (κ1) is 48.2. The molecule has 1 fully saturated rings. The predicted octanol–water partition coefficient (Wildman–Crippen LogP) is 9.44. The molecule has 11 heteroatoms. The molecule has 7 aliphatic rings. The Hall–Kier alpha value is -6.78. The highest BCUT2D eigenvalue weighted by molar-refractivity contribution is 5.89. The minimum atomic E-state index is -0.754. The minimum absolute atomic E-state index is 0.0362. The standard InChI is InChI=1S/C63H65N3O8/c64-60-30-42-15-13-38(11-12-39-14-20-57(69)44(23-39)24-40-6-3-8-50(68)25-40)5-4-9-51-31-58(70)43-17-19-52-53(28-43)46(34-67)29-59(71)61(52)74-35-47-27-49(26-45-32-66(33-54(45)47)62(65-60)55(42)37-73-51)63-21-22-72-36-48(63)18-16-41-7-1-2-10-56(41)63/h1-3,6-8,10,14,17,19-20,23,25-27,29-30,32-33,38,43,48,51,58,60,65,67-71H,4-5,9,11-12,16,18,21-22,24,28,31,34-37,64H2/t38-,43-,48-,51+,58+,60?,63-/m1/s1. The van der Waals surface area contributed by atoms with Crippen LogP contribution < -0.4 is 15.8 Å². The van der Waals surface area contributed by atoms with Gasteiger partial charge in [0.1, 0.15) is 23.9 Å². The van der Waals surface area contributed by atoms with Gasteiger partial charge in [-0.15, -0.1) is 0 Å². The van der Waals surface area contributed by atoms with Gasteiger partial charge in [0.2, 0.25) is 0 Å². The van der Waals surface area contributed by atoms with Crippen LogP contribution in [0.5, 0.6) is 23.0 Å². The van der Waals surface area contributed by atoms with Gasteiger partial charge in [-0.05, 0) is 150 Å². The number of phenolic OH excluding ortho intramolecular Hbond substituents is 3. The van der Waals surface area contributed by atoms with E-state index in [1.165, 1.54) is 16.7 Å². The summed E-state index contributed by atoms with van der Waals surface area (Å²) in [6.07, 6.45) is 16.9. The van der Waals surface area contributed by atoms with Crippen LogP contribution in [0.3, 0.4) is 0 Å². The fourth-order valence-electron chi connectivity index (χ4n) is 13.1. The molecular formula is C63H65N3O8. The number of rotatable bonds is 7. The average Bonchev–Trinajstić information content (AvgIpc) is 3.84. The summed E-state index contributed by atoms with van der Waals surface area (Å²) in [5.74, 6) is 8.93. The fraction of sp³-hybridized carbons (Fsp3) is 0.365. The molecule has 380 valence electrons. The Morgan fingerprint density at radius 3 is 2.68 bits per heavy atom. The Labute approximate surface area is 432 Å². The third kappa shape index (κ3) is 9.18. The molecule has 0 spiro atoms. The molecule has 6 aromatic rings. The molecular weight excluding hydrogens is 927 g/mol. The van der Waals surface area contributed by atoms with E-state index in [2.05, 4.69) is 76.6 Å². The van der Waals surface area contributed by atoms with Crippen LogP contribution >= 0.6 is 0 Å². The molecule has 1 saturated heterocycles. The van der Waals surface area contributed by atoms with Crippen molar-refractivity contribution in [2.75, 3.05) is 19.8 Å². The summed E-state index contributed by atoms with van der Waals surface area (Å²) in [7, 11) is 0. The van der Waals surface area contributed by atoms with E-state index in [4.69, 9.17) is 19.9 Å². The molecule has 0 saturated carbocycles. The Bertz CT molecular complexity index is 3300. The second kappa shape index (κ2) is 20.2. The Balaban J connectivity index is 0.969. The van der Waals surface area contributed by atoms with Crippen molar-refractivity contribution < 1.29 is 39.7 Å². The van der Waals surface area contributed by atoms with Gasteiger partial charge in [-0.2, -0.15) is 0 Å². The van der Waals surface area contributed by atoms with E-state index in [0.29, 0.717) is 50.2 Å². The second-order valence-corrected chi connectivity index (χ2v) is 21.5. The van der Waals surface area contributed by atoms with E-state index in [0.717, 1.165) is 106 Å². The van der Waals surface area contributed by atoms with Gasteiger partial charge in [0.25, 0.3) is 0 Å². The third-order valence-electron chi connectivity index (χ3n) is 17.0. The summed E-state index contributed by atoms with van der Waals surface area (Å²) in [5, 5.41) is 61.0. The molecule has 5 aliphatic heterocycles. The molecule has 13 rings (SSSR count). The molecule has 0 amide bonds. The van der Waals surface area contributed by atoms with Crippen molar-refractivity contribution >= 4 is 22.7 Å². The SMILES string of the molecule is NC1C=C2C#C[C@@H](CCc3ccc(O)c(Cc4cccc(O)c4)c3)CCC[C@H]3C[C@H](O)[C@@H]4C=Cc5c(c(CO)cc(O)c5OCc5cc([C@@]67CCOC[C@H]6CCc6ccccc67)cc6cn(cc56)C(=C2CO3)N1)C4. The first-order chi connectivity index (χ1) is 36.1. The number of dihydropyridines is 1. The lowest BCUT2D eigenvalue weighted by molar-refractivity contribution is 0.00497. The number of fused-ring (bicyclic) bond motifs is 5. The minimum Gasteiger partial charge on any atom is -0.508 e. The summed E-state index contributed by atoms with van der Waals surface area (Å²) in [6, 6.07) is 28.2. The zero-order chi connectivity index (χ0) is 50.5. The second-order valence-electron chi connectivity index (χ2n) is 21.5. The number of aliphatic hydroxyl groups excluding tert-OH is 2. The van der Waals surface area contributed by atoms with E-state index < -0.39 is 12.3 Å². The highest BCUT2D eigenvalue weighted by Gasteiger charge is 2.48. The van der Waals surface area contributed by atoms with Crippen LogP contribution in [0.1, 0.15) is 101 Å². The van der Waals surface area contributed by atoms with Gasteiger partial charge in [-0.1, -0.05) is 78.6 Å². The molecule has 7 atom stereocenters. The number of hydrogen-bond donors (Lipinski definition) is 7. The van der Waals surface area contributed by atoms with Crippen molar-refractivity contribution in [2.24, 2.45) is 23.5 Å². The van der Waals surface area contributed by atoms with Gasteiger partial charge in [-0.25, -0.2) is 0 Å². The van der Waals surface area contributed by atoms with Crippen molar-refractivity contribution in [2.45, 2.75) is 108 Å². The maximum Gasteiger partial charge on any atom is 0.168 e. The first-order valence-corrected chi connectivity index (χ1v) is 26.6. The molecule has 74 heavy (non-hydrogen) atoms. The number of aliphatic hydroxyl groups is 2. The van der Waals surface area contributed by atoms with E-state index in [-0.39, 0.29) is 66.3 Å². The smallest absolute Gasteiger partial charge is 0.168 e. The number of aromatic nitrogens is 1. The fourth-order valence-corrected chi connectivity index (χ4v) is 13.1. The van der Waals surface area contributed by atoms with Gasteiger partial charge in [-0.3, -0.25) is 0 Å². The molecule has 0 radical (unpaired) electrons. The van der Waals surface area contributed by atoms with Gasteiger partial charge in [0.15, 0.2) is 11.5 Å². The Morgan fingerprint density at radius 2 is 1.78 bits per heavy atom. The van der Waals surface area contributed by atoms with Crippen molar-refractivity contribution in [3.05, 3.63) is 176 Å². The van der Waals surface area contributed by atoms with Gasteiger partial charge in [0.05, 0.1) is 38.2 Å². The van der Waals surface area contributed by atoms with Crippen LogP contribution in [-0.2, 0) is 53.8 Å². The number of aromatic hydroxyl groups is 3. The Kier molecular flexibility index (Phi) is 13.1. The third-order valence-corrected chi connectivity index (χ3v) is 17.0. The monoisotopic (exact) mass is 991 g/mol. The quantitative estimate of drug-likeness (QED) is 0.0765. The molecule has 11 nitrogen and oxygen atoms in total. The molecule has 1 aromatic heterocycles. The number of ether oxygens (including phenoxy) is 3. The van der Waals surface area contributed by atoms with Crippen LogP contribution in [0.25, 0.3) is 22.7 Å². The van der Waals surface area contributed by atoms with Gasteiger partial charge >= 0.3 is 0 Å². The van der Waals surface area contributed by atoms with Crippen LogP contribution in [0.4, 0.5) is 0 Å². The molecule has 8 bridgehead atoms. The lowest BCUT2D eigenvalue weighted by Gasteiger charge is -2.49. The first-order valence-electron chi connectivity index (χ1n) is 26.6. The summed E-state index contributed by atoms with van der Waals surface area (Å²) >= 11 is 0. The predicted molar refractivity (Wildman–Crippen MR) is 286 cm³/mol. The van der Waals surface area contributed by atoms with Crippen LogP contribution in [0, 0.1) is 29.6 Å². The lowest BCUT2D eigenvalue weighted by atomic mass is 9.57. The highest BCUT2D eigenvalue weighted by Crippen LogP contribution is 2.52. The number of phenols is 3. The number of nitrogens with zero attached hydrogens (tertiary/aromatic N) is 1. The largest absolute Gasteiger partial charge is 0.508 e. The van der Waals surface area contributed by atoms with Crippen LogP contribution in [0.15, 0.2) is 121 Å². The number of benzene rings is 5. The molecule has 1 unspecified atom stereocenters. The van der Waals surface area contributed by atoms with Gasteiger partial charge < -0.3 is 55.4 Å². The van der Waals surface area contributed by atoms with Crippen molar-refractivity contribution in [3.63, 3.8) is 0 Å². The van der Waals surface area contributed by atoms with E-state index >= 15 is 0 Å². The van der Waals surface area contributed by atoms with Crippen molar-refractivity contribution in [1.29, 1.82) is 0 Å². The number of hydrogen-bond acceptors (Lipinski definition) is 10. The number of nitrogens with one attached hydrogen (secondary N) is 1. The Morgan fingerprint density at radius 1 is 0.878 bits per heavy atom. The summed E-state index contributed by atoms with van der Waals surface area (Å²) in [6.45, 7) is 1.49. The van der Waals surface area contributed by atoms with Crippen molar-refractivity contribution in [3.8, 4) is 34.8 Å². The van der Waals surface area contributed by atoms with E-state index in [1.807, 2.05) is 36.4 Å². The lowest BCUT2D eigenvalue weighted by Crippen LogP contribution is -2.47. The average molecular weight is 992 g/mol. The highest BCUT2D eigenvalue weighted by atomic mass is 16.5. The topological polar surface area (TPSA) is 172 Å². The number of aryl methyl sites for hydroxylation is 2. The number of nitrogens with two attached hydrogens (primary N) is 1. The summed E-state index contributed by atoms with van der Waals surface area (Å²) in [5.41, 5.74) is 18.3. The zero-order valence-corrected chi connectivity index (χ0v) is 41.7. The van der Waals surface area contributed by atoms with Crippen LogP contribution in [0.2, 0.25) is 0 Å². The maximum absolute atomic E-state index is 12.1. The molecule has 6 heterocycles. The molecule has 8 N–H and O–H groups in total. The van der Waals surface area contributed by atoms with E-state index in [1.54, 1.807) is 24.3 Å². The maximum atomic E-state index is 12.1.